The Bertz CT molecular complexity index is 576. The Hall–Kier alpha value is -0.950. The molecule has 0 bridgehead atoms. The van der Waals surface area contributed by atoms with E-state index < -0.39 is 0 Å². The lowest BCUT2D eigenvalue weighted by Gasteiger charge is -2.21. The molecule has 3 rings (SSSR count). The third kappa shape index (κ3) is 1.37. The van der Waals surface area contributed by atoms with Crippen LogP contribution in [0.1, 0.15) is 6.92 Å². The molecule has 2 aromatic rings. The van der Waals surface area contributed by atoms with Crippen molar-refractivity contribution in [2.24, 2.45) is 5.92 Å². The highest BCUT2D eigenvalue weighted by Gasteiger charge is 2.20. The van der Waals surface area contributed by atoms with Crippen LogP contribution in [0.15, 0.2) is 9.95 Å². The first-order chi connectivity index (χ1) is 7.25. The Balaban J connectivity index is 2.33. The van der Waals surface area contributed by atoms with E-state index in [0.29, 0.717) is 17.1 Å². The van der Waals surface area contributed by atoms with Gasteiger partial charge in [-0.2, -0.15) is 8.75 Å². The van der Waals surface area contributed by atoms with Crippen LogP contribution in [0.4, 0.5) is 0 Å². The average Bonchev–Trinajstić information content (AvgIpc) is 2.68. The summed E-state index contributed by atoms with van der Waals surface area (Å²) in [7, 11) is 0. The first-order valence-corrected chi connectivity index (χ1v) is 6.33. The Morgan fingerprint density at radius 3 is 3.20 bits per heavy atom. The highest BCUT2D eigenvalue weighted by Crippen LogP contribution is 2.25. The number of aromatic nitrogens is 4. The maximum absolute atomic E-state index is 12.0. The van der Waals surface area contributed by atoms with Crippen molar-refractivity contribution in [1.29, 1.82) is 0 Å². The van der Waals surface area contributed by atoms with E-state index in [2.05, 4.69) is 20.7 Å². The molecule has 1 aliphatic heterocycles. The van der Waals surface area contributed by atoms with Gasteiger partial charge in [0, 0.05) is 12.3 Å². The van der Waals surface area contributed by atoms with Crippen LogP contribution in [0, 0.1) is 5.92 Å². The van der Waals surface area contributed by atoms with Gasteiger partial charge in [-0.15, -0.1) is 0 Å². The fourth-order valence-corrected chi connectivity index (χ4v) is 3.10. The van der Waals surface area contributed by atoms with Gasteiger partial charge in [0.2, 0.25) is 5.65 Å². The standard InChI is InChI=1S/C8H8N4OS2/c1-4-2-12-7(13)5-6(11-15-10-5)9-8(12)14-3-4/h4H,2-3H2,1H3. The Labute approximate surface area is 93.9 Å². The van der Waals surface area contributed by atoms with Crippen LogP contribution in [-0.4, -0.2) is 24.1 Å². The van der Waals surface area contributed by atoms with Crippen molar-refractivity contribution in [3.8, 4) is 0 Å². The van der Waals surface area contributed by atoms with Crippen LogP contribution in [0.25, 0.3) is 11.2 Å². The van der Waals surface area contributed by atoms with Crippen LogP contribution in [0.2, 0.25) is 0 Å². The first-order valence-electron chi connectivity index (χ1n) is 4.61. The molecule has 0 N–H and O–H groups in total. The van der Waals surface area contributed by atoms with E-state index in [-0.39, 0.29) is 5.56 Å². The fourth-order valence-electron chi connectivity index (χ4n) is 1.61. The molecule has 1 aliphatic rings. The zero-order valence-electron chi connectivity index (χ0n) is 8.01. The van der Waals surface area contributed by atoms with E-state index in [9.17, 15) is 4.79 Å². The van der Waals surface area contributed by atoms with Crippen LogP contribution in [-0.2, 0) is 6.54 Å². The van der Waals surface area contributed by atoms with E-state index in [4.69, 9.17) is 0 Å². The number of rotatable bonds is 0. The molecule has 15 heavy (non-hydrogen) atoms. The average molecular weight is 240 g/mol. The normalized spacial score (nSPS) is 20.5. The van der Waals surface area contributed by atoms with Crippen molar-refractivity contribution >= 4 is 34.7 Å². The molecule has 78 valence electrons. The van der Waals surface area contributed by atoms with Gasteiger partial charge >= 0.3 is 0 Å². The molecule has 2 aromatic heterocycles. The molecule has 1 unspecified atom stereocenters. The van der Waals surface area contributed by atoms with E-state index in [1.165, 1.54) is 0 Å². The van der Waals surface area contributed by atoms with Gasteiger partial charge in [0.25, 0.3) is 5.56 Å². The Morgan fingerprint density at radius 1 is 1.47 bits per heavy atom. The molecule has 1 atom stereocenters. The second kappa shape index (κ2) is 3.28. The van der Waals surface area contributed by atoms with Crippen LogP contribution < -0.4 is 5.56 Å². The Morgan fingerprint density at radius 2 is 2.33 bits per heavy atom. The van der Waals surface area contributed by atoms with E-state index in [1.807, 2.05) is 0 Å². The molecule has 5 nitrogen and oxygen atoms in total. The highest BCUT2D eigenvalue weighted by atomic mass is 32.2. The van der Waals surface area contributed by atoms with Gasteiger partial charge < -0.3 is 0 Å². The quantitative estimate of drug-likeness (QED) is 0.643. The largest absolute Gasteiger partial charge is 0.285 e. The molecule has 3 heterocycles. The zero-order valence-corrected chi connectivity index (χ0v) is 9.64. The first kappa shape index (κ1) is 9.29. The number of hydrogen-bond acceptors (Lipinski definition) is 6. The lowest BCUT2D eigenvalue weighted by molar-refractivity contribution is 0.464. The summed E-state index contributed by atoms with van der Waals surface area (Å²) in [6.45, 7) is 2.87. The summed E-state index contributed by atoms with van der Waals surface area (Å²) < 4.78 is 9.69. The number of fused-ring (bicyclic) bond motifs is 2. The molecular formula is C8H8N4OS2. The highest BCUT2D eigenvalue weighted by molar-refractivity contribution is 7.99. The molecule has 0 aromatic carbocycles. The number of thioether (sulfide) groups is 1. The van der Waals surface area contributed by atoms with Gasteiger partial charge in [0.15, 0.2) is 10.7 Å². The van der Waals surface area contributed by atoms with Gasteiger partial charge in [-0.1, -0.05) is 18.7 Å². The molecule has 0 saturated heterocycles. The van der Waals surface area contributed by atoms with Crippen LogP contribution in [0.3, 0.4) is 0 Å². The molecular weight excluding hydrogens is 232 g/mol. The molecule has 0 radical (unpaired) electrons. The predicted molar refractivity (Wildman–Crippen MR) is 59.4 cm³/mol. The smallest absolute Gasteiger partial charge is 0.283 e. The molecule has 0 spiro atoms. The topological polar surface area (TPSA) is 60.7 Å². The maximum Gasteiger partial charge on any atom is 0.283 e. The number of hydrogen-bond donors (Lipinski definition) is 0. The third-order valence-electron chi connectivity index (χ3n) is 2.34. The second-order valence-electron chi connectivity index (χ2n) is 3.66. The molecule has 0 fully saturated rings. The summed E-state index contributed by atoms with van der Waals surface area (Å²) >= 11 is 2.66. The monoisotopic (exact) mass is 240 g/mol. The molecule has 0 aliphatic carbocycles. The molecule has 0 saturated carbocycles. The van der Waals surface area contributed by atoms with Gasteiger partial charge in [-0.3, -0.25) is 9.36 Å². The third-order valence-corrected chi connectivity index (χ3v) is 4.17. The van der Waals surface area contributed by atoms with Crippen molar-refractivity contribution in [1.82, 2.24) is 18.3 Å². The van der Waals surface area contributed by atoms with Crippen molar-refractivity contribution < 1.29 is 0 Å². The SMILES string of the molecule is CC1CSc2nc3nsnc3c(=O)n2C1. The lowest BCUT2D eigenvalue weighted by atomic mass is 10.2. The maximum atomic E-state index is 12.0. The van der Waals surface area contributed by atoms with Crippen LogP contribution in [0.5, 0.6) is 0 Å². The Kier molecular flexibility index (Phi) is 2.03. The van der Waals surface area contributed by atoms with Gasteiger partial charge in [-0.05, 0) is 5.92 Å². The summed E-state index contributed by atoms with van der Waals surface area (Å²) in [6, 6.07) is 0. The summed E-state index contributed by atoms with van der Waals surface area (Å²) in [5, 5.41) is 0.776. The summed E-state index contributed by atoms with van der Waals surface area (Å²) in [6.07, 6.45) is 0. The summed E-state index contributed by atoms with van der Waals surface area (Å²) in [5.41, 5.74) is 0.833. The summed E-state index contributed by atoms with van der Waals surface area (Å²) in [4.78, 5) is 16.3. The lowest BCUT2D eigenvalue weighted by Crippen LogP contribution is -2.30. The van der Waals surface area contributed by atoms with Crippen molar-refractivity contribution in [3.63, 3.8) is 0 Å². The van der Waals surface area contributed by atoms with Gasteiger partial charge in [0.1, 0.15) is 0 Å². The predicted octanol–water partition coefficient (Wildman–Crippen LogP) is 0.990. The minimum Gasteiger partial charge on any atom is -0.285 e. The van der Waals surface area contributed by atoms with Crippen molar-refractivity contribution in [3.05, 3.63) is 10.4 Å². The molecule has 0 amide bonds. The van der Waals surface area contributed by atoms with E-state index in [1.54, 1.807) is 16.3 Å². The summed E-state index contributed by atoms with van der Waals surface area (Å²) in [5.74, 6) is 1.52. The van der Waals surface area contributed by atoms with Gasteiger partial charge in [0.05, 0.1) is 11.7 Å². The van der Waals surface area contributed by atoms with Crippen molar-refractivity contribution in [2.75, 3.05) is 5.75 Å². The number of nitrogens with zero attached hydrogens (tertiary/aromatic N) is 4. The minimum atomic E-state index is -0.0530. The fraction of sp³-hybridized carbons (Fsp3) is 0.500. The van der Waals surface area contributed by atoms with Crippen LogP contribution >= 0.6 is 23.5 Å². The zero-order chi connectivity index (χ0) is 10.4. The van der Waals surface area contributed by atoms with Gasteiger partial charge in [-0.25, -0.2) is 4.98 Å². The minimum absolute atomic E-state index is 0.0530. The van der Waals surface area contributed by atoms with Crippen molar-refractivity contribution in [2.45, 2.75) is 18.6 Å². The molecule has 7 heteroatoms. The van der Waals surface area contributed by atoms with E-state index in [0.717, 1.165) is 29.2 Å². The second-order valence-corrected chi connectivity index (χ2v) is 5.18. The van der Waals surface area contributed by atoms with E-state index >= 15 is 0 Å².